The fraction of sp³-hybridized carbons (Fsp3) is 0.0833. The molecule has 1 aromatic carbocycles. The lowest BCUT2D eigenvalue weighted by molar-refractivity contribution is 0.102. The van der Waals surface area contributed by atoms with Crippen LogP contribution in [0.1, 0.15) is 10.4 Å². The first-order valence-corrected chi connectivity index (χ1v) is 11.5. The highest BCUT2D eigenvalue weighted by molar-refractivity contribution is 6.33. The van der Waals surface area contributed by atoms with E-state index < -0.39 is 0 Å². The Kier molecular flexibility index (Phi) is 5.42. The topological polar surface area (TPSA) is 144 Å². The minimum atomic E-state index is -0.305. The molecule has 6 aromatic rings. The van der Waals surface area contributed by atoms with E-state index in [-0.39, 0.29) is 11.9 Å². The van der Waals surface area contributed by atoms with Crippen LogP contribution in [0.25, 0.3) is 33.6 Å². The highest BCUT2D eigenvalue weighted by atomic mass is 35.5. The van der Waals surface area contributed by atoms with Crippen LogP contribution in [0.5, 0.6) is 0 Å². The van der Waals surface area contributed by atoms with Crippen molar-refractivity contribution in [1.82, 2.24) is 39.7 Å². The fourth-order valence-corrected chi connectivity index (χ4v) is 4.08. The molecule has 0 bridgehead atoms. The summed E-state index contributed by atoms with van der Waals surface area (Å²) < 4.78 is 9.19. The number of halogens is 1. The number of amides is 1. The van der Waals surface area contributed by atoms with Gasteiger partial charge in [-0.3, -0.25) is 14.2 Å². The van der Waals surface area contributed by atoms with Gasteiger partial charge in [-0.1, -0.05) is 16.7 Å². The quantitative estimate of drug-likeness (QED) is 0.296. The summed E-state index contributed by atoms with van der Waals surface area (Å²) >= 11 is 6.42. The molecule has 1 amide bonds. The van der Waals surface area contributed by atoms with Crippen LogP contribution in [-0.2, 0) is 14.1 Å². The zero-order chi connectivity index (χ0) is 25.5. The Morgan fingerprint density at radius 2 is 1.86 bits per heavy atom. The third kappa shape index (κ3) is 4.41. The molecule has 0 aliphatic rings. The lowest BCUT2D eigenvalue weighted by atomic mass is 10.1. The van der Waals surface area contributed by atoms with Crippen molar-refractivity contribution in [1.29, 1.82) is 0 Å². The normalized spacial score (nSPS) is 11.2. The molecule has 0 saturated heterocycles. The molecule has 0 aliphatic heterocycles. The van der Waals surface area contributed by atoms with Crippen LogP contribution in [0.4, 0.5) is 17.4 Å². The van der Waals surface area contributed by atoms with Crippen LogP contribution in [0.15, 0.2) is 65.9 Å². The van der Waals surface area contributed by atoms with E-state index in [0.29, 0.717) is 39.1 Å². The molecule has 0 radical (unpaired) electrons. The molecular formula is C24H19ClN10O2. The number of pyridine rings is 1. The first-order valence-electron chi connectivity index (χ1n) is 11.1. The Bertz CT molecular complexity index is 1760. The highest BCUT2D eigenvalue weighted by Crippen LogP contribution is 2.32. The molecule has 0 unspecified atom stereocenters. The van der Waals surface area contributed by atoms with E-state index in [1.165, 1.54) is 0 Å². The third-order valence-corrected chi connectivity index (χ3v) is 5.97. The van der Waals surface area contributed by atoms with Crippen LogP contribution in [0.3, 0.4) is 0 Å². The van der Waals surface area contributed by atoms with Crippen LogP contribution in [0, 0.1) is 0 Å². The molecule has 3 N–H and O–H groups in total. The maximum absolute atomic E-state index is 12.5. The van der Waals surface area contributed by atoms with Gasteiger partial charge in [0.2, 0.25) is 0 Å². The number of benzene rings is 1. The second-order valence-electron chi connectivity index (χ2n) is 8.31. The number of hydrogen-bond donors (Lipinski definition) is 3. The van der Waals surface area contributed by atoms with Crippen molar-refractivity contribution in [2.75, 3.05) is 10.6 Å². The van der Waals surface area contributed by atoms with Crippen LogP contribution in [0.2, 0.25) is 5.02 Å². The fourth-order valence-electron chi connectivity index (χ4n) is 3.85. The van der Waals surface area contributed by atoms with E-state index in [1.54, 1.807) is 65.6 Å². The smallest absolute Gasteiger partial charge is 0.320 e. The summed E-state index contributed by atoms with van der Waals surface area (Å²) in [5.41, 5.74) is 4.75. The molecule has 0 fully saturated rings. The van der Waals surface area contributed by atoms with Crippen molar-refractivity contribution in [2.45, 2.75) is 0 Å². The molecule has 6 rings (SSSR count). The van der Waals surface area contributed by atoms with Crippen molar-refractivity contribution in [3.63, 3.8) is 0 Å². The molecular weight excluding hydrogens is 496 g/mol. The van der Waals surface area contributed by atoms with Crippen molar-refractivity contribution in [2.24, 2.45) is 14.1 Å². The maximum Gasteiger partial charge on any atom is 0.320 e. The summed E-state index contributed by atoms with van der Waals surface area (Å²) in [6.07, 6.45) is 10.5. The number of aromatic nitrogens is 8. The first kappa shape index (κ1) is 22.5. The summed E-state index contributed by atoms with van der Waals surface area (Å²) in [5, 5.41) is 23.4. The highest BCUT2D eigenvalue weighted by Gasteiger charge is 2.17. The average Bonchev–Trinajstić information content (AvgIpc) is 3.68. The van der Waals surface area contributed by atoms with E-state index in [2.05, 4.69) is 41.0 Å². The maximum atomic E-state index is 12.5. The van der Waals surface area contributed by atoms with Gasteiger partial charge in [0.15, 0.2) is 0 Å². The molecule has 0 saturated carbocycles. The average molecular weight is 515 g/mol. The van der Waals surface area contributed by atoms with Gasteiger partial charge >= 0.3 is 6.01 Å². The van der Waals surface area contributed by atoms with E-state index >= 15 is 0 Å². The van der Waals surface area contributed by atoms with Gasteiger partial charge in [-0.25, -0.2) is 4.98 Å². The predicted octanol–water partition coefficient (Wildman–Crippen LogP) is 4.40. The SMILES string of the molecule is Cn1cc(NC(=O)c2ccc(Nc3nnc(-c4c[nH]c5ncc(-c6cnn(C)c6)cc45)o3)c(Cl)c2)cn1. The summed E-state index contributed by atoms with van der Waals surface area (Å²) in [4.78, 5) is 20.1. The summed E-state index contributed by atoms with van der Waals surface area (Å²) in [7, 11) is 3.63. The van der Waals surface area contributed by atoms with E-state index in [1.807, 2.05) is 19.3 Å². The van der Waals surface area contributed by atoms with E-state index in [0.717, 1.165) is 16.5 Å². The van der Waals surface area contributed by atoms with Crippen LogP contribution < -0.4 is 10.6 Å². The summed E-state index contributed by atoms with van der Waals surface area (Å²) in [6.45, 7) is 0. The molecule has 0 aliphatic carbocycles. The monoisotopic (exact) mass is 514 g/mol. The molecule has 184 valence electrons. The van der Waals surface area contributed by atoms with Crippen molar-refractivity contribution >= 4 is 45.9 Å². The molecule has 12 nitrogen and oxygen atoms in total. The van der Waals surface area contributed by atoms with Crippen LogP contribution >= 0.6 is 11.6 Å². The molecule has 5 heterocycles. The number of carbonyl (C=O) groups is 1. The van der Waals surface area contributed by atoms with Crippen molar-refractivity contribution < 1.29 is 9.21 Å². The molecule has 13 heteroatoms. The van der Waals surface area contributed by atoms with Crippen LogP contribution in [-0.4, -0.2) is 45.6 Å². The lowest BCUT2D eigenvalue weighted by Crippen LogP contribution is -2.11. The number of anilines is 3. The Labute approximate surface area is 214 Å². The molecule has 0 atom stereocenters. The van der Waals surface area contributed by atoms with Gasteiger partial charge < -0.3 is 20.0 Å². The number of carbonyl (C=O) groups excluding carboxylic acids is 1. The van der Waals surface area contributed by atoms with Gasteiger partial charge in [0.1, 0.15) is 5.65 Å². The summed E-state index contributed by atoms with van der Waals surface area (Å²) in [6, 6.07) is 7.00. The number of aromatic amines is 1. The van der Waals surface area contributed by atoms with E-state index in [9.17, 15) is 4.79 Å². The second kappa shape index (κ2) is 8.91. The van der Waals surface area contributed by atoms with E-state index in [4.69, 9.17) is 16.0 Å². The van der Waals surface area contributed by atoms with Gasteiger partial charge in [0, 0.05) is 61.0 Å². The number of rotatable bonds is 6. The number of aryl methyl sites for hydroxylation is 2. The zero-order valence-electron chi connectivity index (χ0n) is 19.6. The van der Waals surface area contributed by atoms with Gasteiger partial charge in [-0.15, -0.1) is 5.10 Å². The van der Waals surface area contributed by atoms with Gasteiger partial charge in [-0.2, -0.15) is 10.2 Å². The standard InChI is InChI=1S/C24H19ClN10O2/c1-34-11-15(8-28-34)14-5-17-18(10-27-21(17)26-7-14)23-32-33-24(37-23)31-20-4-3-13(6-19(20)25)22(36)30-16-9-29-35(2)12-16/h3-12H,1-2H3,(H,26,27)(H,30,36)(H,31,33). The van der Waals surface area contributed by atoms with Gasteiger partial charge in [0.25, 0.3) is 11.8 Å². The first-order chi connectivity index (χ1) is 17.9. The lowest BCUT2D eigenvalue weighted by Gasteiger charge is -2.07. The third-order valence-electron chi connectivity index (χ3n) is 5.66. The van der Waals surface area contributed by atoms with Gasteiger partial charge in [0.05, 0.1) is 34.4 Å². The minimum Gasteiger partial charge on any atom is -0.403 e. The molecule has 0 spiro atoms. The Hall–Kier alpha value is -4.97. The number of H-pyrrole nitrogens is 1. The number of hydrogen-bond acceptors (Lipinski definition) is 8. The number of nitrogens with zero attached hydrogens (tertiary/aromatic N) is 7. The Balaban J connectivity index is 1.22. The largest absolute Gasteiger partial charge is 0.403 e. The Morgan fingerprint density at radius 1 is 1.03 bits per heavy atom. The van der Waals surface area contributed by atoms with Crippen molar-refractivity contribution in [3.05, 3.63) is 72.0 Å². The predicted molar refractivity (Wildman–Crippen MR) is 137 cm³/mol. The second-order valence-corrected chi connectivity index (χ2v) is 8.72. The number of nitrogens with one attached hydrogen (secondary N) is 3. The summed E-state index contributed by atoms with van der Waals surface area (Å²) in [5.74, 6) is 0.00241. The van der Waals surface area contributed by atoms with Crippen molar-refractivity contribution in [3.8, 4) is 22.6 Å². The van der Waals surface area contributed by atoms with Gasteiger partial charge in [-0.05, 0) is 24.3 Å². The molecule has 37 heavy (non-hydrogen) atoms. The number of fused-ring (bicyclic) bond motifs is 1. The Morgan fingerprint density at radius 3 is 2.62 bits per heavy atom. The zero-order valence-corrected chi connectivity index (χ0v) is 20.4. The molecule has 5 aromatic heterocycles. The minimum absolute atomic E-state index is 0.148.